The van der Waals surface area contributed by atoms with Crippen LogP contribution in [-0.4, -0.2) is 14.9 Å². The summed E-state index contributed by atoms with van der Waals surface area (Å²) in [7, 11) is 0. The zero-order valence-electron chi connectivity index (χ0n) is 12.8. The molecule has 0 aliphatic carbocycles. The Morgan fingerprint density at radius 2 is 1.88 bits per heavy atom. The van der Waals surface area contributed by atoms with Gasteiger partial charge in [0.25, 0.3) is 0 Å². The van der Waals surface area contributed by atoms with Gasteiger partial charge >= 0.3 is 0 Å². The van der Waals surface area contributed by atoms with Crippen LogP contribution < -0.4 is 10.6 Å². The minimum Gasteiger partial charge on any atom is -0.332 e. The predicted octanol–water partition coefficient (Wildman–Crippen LogP) is 5.70. The van der Waals surface area contributed by atoms with Crippen LogP contribution in [0, 0.1) is 0 Å². The Morgan fingerprint density at radius 1 is 1.04 bits per heavy atom. The van der Waals surface area contributed by atoms with E-state index >= 15 is 0 Å². The molecule has 0 bridgehead atoms. The number of hydrogen-bond donors (Lipinski definition) is 2. The van der Waals surface area contributed by atoms with Crippen molar-refractivity contribution >= 4 is 63.5 Å². The molecule has 0 saturated carbocycles. The van der Waals surface area contributed by atoms with Crippen molar-refractivity contribution in [2.75, 3.05) is 10.6 Å². The van der Waals surface area contributed by atoms with Crippen LogP contribution in [0.5, 0.6) is 0 Å². The van der Waals surface area contributed by atoms with Gasteiger partial charge in [-0.25, -0.2) is 0 Å². The number of thiocarbonyl (C=S) groups is 1. The molecular formula is C17H13Cl3N4S. The molecule has 0 radical (unpaired) electrons. The molecule has 1 heterocycles. The Hall–Kier alpha value is -1.79. The van der Waals surface area contributed by atoms with Gasteiger partial charge in [0.2, 0.25) is 0 Å². The first-order chi connectivity index (χ1) is 12.0. The van der Waals surface area contributed by atoms with E-state index in [2.05, 4.69) is 15.7 Å². The molecule has 0 spiro atoms. The second-order valence-corrected chi connectivity index (χ2v) is 6.95. The second kappa shape index (κ2) is 8.06. The summed E-state index contributed by atoms with van der Waals surface area (Å²) < 4.78 is 1.77. The molecule has 2 aromatic carbocycles. The fourth-order valence-electron chi connectivity index (χ4n) is 2.24. The normalized spacial score (nSPS) is 10.5. The van der Waals surface area contributed by atoms with E-state index in [9.17, 15) is 0 Å². The van der Waals surface area contributed by atoms with Crippen LogP contribution in [0.25, 0.3) is 0 Å². The lowest BCUT2D eigenvalue weighted by molar-refractivity contribution is 0.687. The molecule has 4 nitrogen and oxygen atoms in total. The quantitative estimate of drug-likeness (QED) is 0.540. The molecule has 1 aromatic heterocycles. The maximum Gasteiger partial charge on any atom is 0.175 e. The van der Waals surface area contributed by atoms with Crippen LogP contribution in [0.15, 0.2) is 54.9 Å². The van der Waals surface area contributed by atoms with Crippen LogP contribution in [0.4, 0.5) is 11.4 Å². The number of aromatic nitrogens is 2. The first kappa shape index (κ1) is 18.0. The van der Waals surface area contributed by atoms with Gasteiger partial charge in [0.05, 0.1) is 28.5 Å². The van der Waals surface area contributed by atoms with Gasteiger partial charge in [0.15, 0.2) is 5.11 Å². The molecule has 0 amide bonds. The maximum absolute atomic E-state index is 6.13. The van der Waals surface area contributed by atoms with Gasteiger partial charge < -0.3 is 10.6 Å². The zero-order valence-corrected chi connectivity index (χ0v) is 15.9. The Kier molecular flexibility index (Phi) is 5.81. The fourth-order valence-corrected chi connectivity index (χ4v) is 2.96. The maximum atomic E-state index is 6.13. The molecule has 8 heteroatoms. The van der Waals surface area contributed by atoms with E-state index < -0.39 is 0 Å². The highest BCUT2D eigenvalue weighted by Crippen LogP contribution is 2.25. The summed E-state index contributed by atoms with van der Waals surface area (Å²) >= 11 is 23.3. The van der Waals surface area contributed by atoms with Crippen molar-refractivity contribution in [3.63, 3.8) is 0 Å². The van der Waals surface area contributed by atoms with Gasteiger partial charge in [0.1, 0.15) is 0 Å². The lowest BCUT2D eigenvalue weighted by Gasteiger charge is -2.13. The SMILES string of the molecule is S=C(Nc1cccc(Cn2cc(Cl)cn2)c1)Nc1cc(Cl)ccc1Cl. The monoisotopic (exact) mass is 410 g/mol. The van der Waals surface area contributed by atoms with E-state index in [1.54, 1.807) is 35.3 Å². The van der Waals surface area contributed by atoms with Gasteiger partial charge in [-0.2, -0.15) is 5.10 Å². The number of anilines is 2. The second-order valence-electron chi connectivity index (χ2n) is 5.26. The molecule has 0 atom stereocenters. The van der Waals surface area contributed by atoms with Crippen LogP contribution in [0.3, 0.4) is 0 Å². The van der Waals surface area contributed by atoms with Crippen molar-refractivity contribution in [1.82, 2.24) is 9.78 Å². The molecule has 0 aliphatic heterocycles. The molecule has 0 saturated heterocycles. The number of nitrogens with zero attached hydrogens (tertiary/aromatic N) is 2. The molecule has 128 valence electrons. The van der Waals surface area contributed by atoms with Crippen molar-refractivity contribution in [3.8, 4) is 0 Å². The highest BCUT2D eigenvalue weighted by Gasteiger charge is 2.05. The number of benzene rings is 2. The van der Waals surface area contributed by atoms with E-state index in [4.69, 9.17) is 47.0 Å². The fraction of sp³-hybridized carbons (Fsp3) is 0.0588. The highest BCUT2D eigenvalue weighted by atomic mass is 35.5. The molecule has 0 unspecified atom stereocenters. The summed E-state index contributed by atoms with van der Waals surface area (Å²) in [5.74, 6) is 0. The van der Waals surface area contributed by atoms with Gasteiger partial charge in [-0.3, -0.25) is 4.68 Å². The Balaban J connectivity index is 1.67. The third-order valence-electron chi connectivity index (χ3n) is 3.31. The first-order valence-electron chi connectivity index (χ1n) is 7.29. The Morgan fingerprint density at radius 3 is 2.64 bits per heavy atom. The minimum atomic E-state index is 0.420. The average Bonchev–Trinajstić information content (AvgIpc) is 2.96. The van der Waals surface area contributed by atoms with E-state index in [0.717, 1.165) is 11.3 Å². The van der Waals surface area contributed by atoms with Gasteiger partial charge in [-0.1, -0.05) is 46.9 Å². The third kappa shape index (κ3) is 5.09. The largest absolute Gasteiger partial charge is 0.332 e. The van der Waals surface area contributed by atoms with Crippen molar-refractivity contribution in [1.29, 1.82) is 0 Å². The van der Waals surface area contributed by atoms with Crippen LogP contribution in [0.2, 0.25) is 15.1 Å². The molecule has 25 heavy (non-hydrogen) atoms. The molecule has 3 rings (SSSR count). The Labute approximate surface area is 165 Å². The van der Waals surface area contributed by atoms with Crippen LogP contribution in [0.1, 0.15) is 5.56 Å². The standard InChI is InChI=1S/C17H13Cl3N4S/c18-12-4-5-15(20)16(7-12)23-17(25)22-14-3-1-2-11(6-14)9-24-10-13(19)8-21-24/h1-8,10H,9H2,(H2,22,23,25). The number of nitrogens with one attached hydrogen (secondary N) is 2. The third-order valence-corrected chi connectivity index (χ3v) is 4.27. The molecule has 0 fully saturated rings. The topological polar surface area (TPSA) is 41.9 Å². The predicted molar refractivity (Wildman–Crippen MR) is 109 cm³/mol. The first-order valence-corrected chi connectivity index (χ1v) is 8.84. The van der Waals surface area contributed by atoms with Gasteiger partial charge in [-0.05, 0) is 48.1 Å². The van der Waals surface area contributed by atoms with Crippen molar-refractivity contribution in [2.45, 2.75) is 6.54 Å². The highest BCUT2D eigenvalue weighted by molar-refractivity contribution is 7.80. The Bertz CT molecular complexity index is 910. The van der Waals surface area contributed by atoms with E-state index in [1.165, 1.54) is 0 Å². The van der Waals surface area contributed by atoms with Crippen molar-refractivity contribution in [3.05, 3.63) is 75.5 Å². The number of hydrogen-bond acceptors (Lipinski definition) is 2. The summed E-state index contributed by atoms with van der Waals surface area (Å²) in [4.78, 5) is 0. The lowest BCUT2D eigenvalue weighted by atomic mass is 10.2. The van der Waals surface area contributed by atoms with E-state index in [1.807, 2.05) is 24.3 Å². The van der Waals surface area contributed by atoms with Gasteiger partial charge in [-0.15, -0.1) is 0 Å². The van der Waals surface area contributed by atoms with Crippen LogP contribution >= 0.6 is 47.0 Å². The van der Waals surface area contributed by atoms with Gasteiger partial charge in [0, 0.05) is 16.9 Å². The summed E-state index contributed by atoms with van der Waals surface area (Å²) in [5.41, 5.74) is 2.56. The summed E-state index contributed by atoms with van der Waals surface area (Å²) in [6.07, 6.45) is 3.38. The molecule has 0 aliphatic rings. The smallest absolute Gasteiger partial charge is 0.175 e. The molecule has 2 N–H and O–H groups in total. The van der Waals surface area contributed by atoms with Crippen molar-refractivity contribution in [2.24, 2.45) is 0 Å². The van der Waals surface area contributed by atoms with E-state index in [0.29, 0.717) is 32.4 Å². The average molecular weight is 412 g/mol. The summed E-state index contributed by atoms with van der Waals surface area (Å²) in [5, 5.41) is 12.5. The summed E-state index contributed by atoms with van der Waals surface area (Å²) in [6.45, 7) is 0.614. The molecule has 3 aromatic rings. The number of halogens is 3. The minimum absolute atomic E-state index is 0.420. The lowest BCUT2D eigenvalue weighted by Crippen LogP contribution is -2.19. The van der Waals surface area contributed by atoms with E-state index in [-0.39, 0.29) is 0 Å². The van der Waals surface area contributed by atoms with Crippen molar-refractivity contribution < 1.29 is 0 Å². The zero-order chi connectivity index (χ0) is 17.8. The summed E-state index contributed by atoms with van der Waals surface area (Å²) in [6, 6.07) is 13.0. The van der Waals surface area contributed by atoms with Crippen LogP contribution in [-0.2, 0) is 6.54 Å². The molecular weight excluding hydrogens is 399 g/mol. The number of rotatable bonds is 4.